The summed E-state index contributed by atoms with van der Waals surface area (Å²) in [5.74, 6) is 0.888. The Morgan fingerprint density at radius 1 is 1.00 bits per heavy atom. The number of piperidine rings is 2. The summed E-state index contributed by atoms with van der Waals surface area (Å²) < 4.78 is 27.1. The Kier molecular flexibility index (Phi) is 6.47. The number of sulfonamides is 1. The zero-order chi connectivity index (χ0) is 20.1. The number of nitrogens with one attached hydrogen (secondary N) is 3. The Morgan fingerprint density at radius 2 is 1.72 bits per heavy atom. The van der Waals surface area contributed by atoms with Crippen LogP contribution in [0.4, 0.5) is 5.82 Å². The van der Waals surface area contributed by atoms with Gasteiger partial charge in [-0.1, -0.05) is 36.8 Å². The van der Waals surface area contributed by atoms with Gasteiger partial charge in [-0.05, 0) is 18.9 Å². The molecule has 2 aliphatic heterocycles. The van der Waals surface area contributed by atoms with Gasteiger partial charge in [0.2, 0.25) is 10.0 Å². The van der Waals surface area contributed by atoms with E-state index in [9.17, 15) is 8.42 Å². The van der Waals surface area contributed by atoms with Crippen LogP contribution in [0, 0.1) is 0 Å². The van der Waals surface area contributed by atoms with Gasteiger partial charge < -0.3 is 4.90 Å². The molecule has 156 valence electrons. The highest BCUT2D eigenvalue weighted by Crippen LogP contribution is 2.20. The predicted molar refractivity (Wildman–Crippen MR) is 113 cm³/mol. The lowest BCUT2D eigenvalue weighted by atomic mass is 10.0. The zero-order valence-electron chi connectivity index (χ0n) is 16.9. The fourth-order valence-electron chi connectivity index (χ4n) is 4.37. The second-order valence-electron chi connectivity index (χ2n) is 8.23. The molecule has 3 N–H and O–H groups in total. The number of nitrogens with zero attached hydrogens (tertiary/aromatic N) is 1. The number of H-pyrrole nitrogens is 1. The summed E-state index contributed by atoms with van der Waals surface area (Å²) in [6.45, 7) is 4.64. The molecule has 0 spiro atoms. The van der Waals surface area contributed by atoms with Gasteiger partial charge in [0, 0.05) is 37.6 Å². The first-order valence-corrected chi connectivity index (χ1v) is 12.2. The molecule has 1 aromatic carbocycles. The minimum Gasteiger partial charge on any atom is -0.331 e. The lowest BCUT2D eigenvalue weighted by Crippen LogP contribution is -3.12. The highest BCUT2D eigenvalue weighted by molar-refractivity contribution is 7.89. The van der Waals surface area contributed by atoms with Crippen molar-refractivity contribution in [1.29, 1.82) is 0 Å². The van der Waals surface area contributed by atoms with Crippen molar-refractivity contribution in [3.8, 4) is 0 Å². The van der Waals surface area contributed by atoms with Gasteiger partial charge >= 0.3 is 0 Å². The van der Waals surface area contributed by atoms with Gasteiger partial charge in [-0.3, -0.25) is 5.32 Å². The summed E-state index contributed by atoms with van der Waals surface area (Å²) >= 11 is 0. The molecule has 7 heteroatoms. The second-order valence-corrected chi connectivity index (χ2v) is 10.2. The maximum absolute atomic E-state index is 12.8. The SMILES string of the molecule is O=S(=O)(c1ccc(NC2CC[NH+](Cc3ccccc3)CC2)[nH+]c1)N1CCCCC1. The number of hydrogen-bond donors (Lipinski definition) is 2. The van der Waals surface area contributed by atoms with Crippen LogP contribution in [0.2, 0.25) is 0 Å². The van der Waals surface area contributed by atoms with Crippen LogP contribution >= 0.6 is 0 Å². The van der Waals surface area contributed by atoms with Crippen LogP contribution in [-0.2, 0) is 16.6 Å². The first-order chi connectivity index (χ1) is 14.1. The summed E-state index contributed by atoms with van der Waals surface area (Å²) in [5.41, 5.74) is 1.40. The van der Waals surface area contributed by atoms with Crippen LogP contribution in [0.1, 0.15) is 37.7 Å². The molecule has 4 rings (SSSR count). The van der Waals surface area contributed by atoms with Crippen molar-refractivity contribution in [3.05, 3.63) is 54.2 Å². The minimum absolute atomic E-state index is 0.354. The monoisotopic (exact) mass is 416 g/mol. The molecule has 0 amide bonds. The van der Waals surface area contributed by atoms with Gasteiger partial charge in [0.25, 0.3) is 5.82 Å². The molecule has 0 saturated carbocycles. The van der Waals surface area contributed by atoms with Crippen molar-refractivity contribution in [2.75, 3.05) is 31.5 Å². The van der Waals surface area contributed by atoms with E-state index in [0.29, 0.717) is 24.0 Å². The lowest BCUT2D eigenvalue weighted by molar-refractivity contribution is -0.918. The van der Waals surface area contributed by atoms with Crippen molar-refractivity contribution < 1.29 is 18.3 Å². The van der Waals surface area contributed by atoms with Crippen LogP contribution in [0.25, 0.3) is 0 Å². The van der Waals surface area contributed by atoms with E-state index in [-0.39, 0.29) is 0 Å². The number of aromatic nitrogens is 1. The Bertz CT molecular complexity index is 873. The normalized spacial score (nSPS) is 23.6. The van der Waals surface area contributed by atoms with Crippen LogP contribution in [-0.4, -0.2) is 44.9 Å². The average molecular weight is 417 g/mol. The molecule has 2 aromatic rings. The predicted octanol–water partition coefficient (Wildman–Crippen LogP) is 1.33. The fourth-order valence-corrected chi connectivity index (χ4v) is 5.85. The van der Waals surface area contributed by atoms with E-state index in [4.69, 9.17) is 0 Å². The molecule has 6 nitrogen and oxygen atoms in total. The van der Waals surface area contributed by atoms with Gasteiger partial charge in [0.1, 0.15) is 23.7 Å². The smallest absolute Gasteiger partial charge is 0.272 e. The first kappa shape index (κ1) is 20.3. The number of likely N-dealkylation sites (tertiary alicyclic amines) is 1. The Hall–Kier alpha value is -1.96. The molecule has 2 saturated heterocycles. The number of pyridine rings is 1. The summed E-state index contributed by atoms with van der Waals surface area (Å²) in [6, 6.07) is 14.7. The van der Waals surface area contributed by atoms with Gasteiger partial charge in [-0.25, -0.2) is 13.4 Å². The molecule has 0 radical (unpaired) electrons. The summed E-state index contributed by atoms with van der Waals surface area (Å²) in [7, 11) is -3.38. The van der Waals surface area contributed by atoms with Crippen LogP contribution < -0.4 is 15.2 Å². The maximum Gasteiger partial charge on any atom is 0.272 e. The number of quaternary nitrogens is 1. The highest BCUT2D eigenvalue weighted by atomic mass is 32.2. The van der Waals surface area contributed by atoms with Crippen molar-refractivity contribution in [2.24, 2.45) is 0 Å². The van der Waals surface area contributed by atoms with Crippen LogP contribution in [0.5, 0.6) is 0 Å². The molecule has 0 unspecified atom stereocenters. The Morgan fingerprint density at radius 3 is 2.38 bits per heavy atom. The van der Waals surface area contributed by atoms with E-state index in [2.05, 4.69) is 40.6 Å². The van der Waals surface area contributed by atoms with Crippen LogP contribution in [0.15, 0.2) is 53.6 Å². The van der Waals surface area contributed by atoms with E-state index in [1.165, 1.54) is 5.56 Å². The third-order valence-electron chi connectivity index (χ3n) is 6.09. The molecule has 1 aromatic heterocycles. The zero-order valence-corrected chi connectivity index (χ0v) is 17.8. The third-order valence-corrected chi connectivity index (χ3v) is 7.98. The molecule has 0 bridgehead atoms. The molecular weight excluding hydrogens is 384 g/mol. The van der Waals surface area contributed by atoms with Crippen LogP contribution in [0.3, 0.4) is 0 Å². The number of hydrogen-bond acceptors (Lipinski definition) is 3. The Labute approximate surface area is 174 Å². The van der Waals surface area contributed by atoms with Crippen molar-refractivity contribution in [1.82, 2.24) is 4.31 Å². The summed E-state index contributed by atoms with van der Waals surface area (Å²) in [5, 5.41) is 3.55. The molecule has 3 heterocycles. The molecule has 0 aliphatic carbocycles. The number of rotatable bonds is 6. The highest BCUT2D eigenvalue weighted by Gasteiger charge is 2.28. The van der Waals surface area contributed by atoms with Gasteiger partial charge in [0.15, 0.2) is 0 Å². The minimum atomic E-state index is -3.38. The summed E-state index contributed by atoms with van der Waals surface area (Å²) in [4.78, 5) is 5.14. The first-order valence-electron chi connectivity index (χ1n) is 10.8. The Balaban J connectivity index is 1.29. The largest absolute Gasteiger partial charge is 0.331 e. The average Bonchev–Trinajstić information content (AvgIpc) is 2.77. The fraction of sp³-hybridized carbons (Fsp3) is 0.500. The van der Waals surface area contributed by atoms with Crippen molar-refractivity contribution >= 4 is 15.8 Å². The molecule has 2 fully saturated rings. The van der Waals surface area contributed by atoms with Gasteiger partial charge in [-0.15, -0.1) is 0 Å². The van der Waals surface area contributed by atoms with E-state index >= 15 is 0 Å². The molecule has 2 aliphatic rings. The lowest BCUT2D eigenvalue weighted by Gasteiger charge is -2.27. The number of aromatic amines is 1. The molecular formula is C22H32N4O2S+2. The molecule has 0 atom stereocenters. The van der Waals surface area contributed by atoms with Gasteiger partial charge in [0.05, 0.1) is 13.1 Å². The molecule has 29 heavy (non-hydrogen) atoms. The van der Waals surface area contributed by atoms with Gasteiger partial charge in [-0.2, -0.15) is 4.31 Å². The summed E-state index contributed by atoms with van der Waals surface area (Å²) in [6.07, 6.45) is 6.88. The van der Waals surface area contributed by atoms with E-state index in [1.54, 1.807) is 21.5 Å². The van der Waals surface area contributed by atoms with Crippen molar-refractivity contribution in [3.63, 3.8) is 0 Å². The number of benzene rings is 1. The van der Waals surface area contributed by atoms with E-state index in [1.807, 2.05) is 6.07 Å². The second kappa shape index (κ2) is 9.24. The number of anilines is 1. The van der Waals surface area contributed by atoms with E-state index < -0.39 is 10.0 Å². The maximum atomic E-state index is 12.8. The quantitative estimate of drug-likeness (QED) is 0.747. The standard InChI is InChI=1S/C22H30N4O2S/c27-29(28,26-13-5-2-6-14-26)21-9-10-22(23-17-21)24-20-11-15-25(16-12-20)18-19-7-3-1-4-8-19/h1,3-4,7-10,17,20H,2,5-6,11-16,18H2,(H,23,24)/p+2. The third kappa shape index (κ3) is 5.15. The topological polar surface area (TPSA) is 68.0 Å². The van der Waals surface area contributed by atoms with E-state index in [0.717, 1.165) is 57.6 Å². The van der Waals surface area contributed by atoms with Crippen molar-refractivity contribution in [2.45, 2.75) is 49.6 Å².